The minimum absolute atomic E-state index is 0.253. The summed E-state index contributed by atoms with van der Waals surface area (Å²) < 4.78 is 4.57. The Hall–Kier alpha value is -0.975. The van der Waals surface area contributed by atoms with Crippen molar-refractivity contribution < 1.29 is 19.6 Å². The smallest absolute Gasteiger partial charge is 0.465 e. The van der Waals surface area contributed by atoms with Crippen LogP contribution < -0.4 is 5.46 Å². The lowest BCUT2D eigenvalue weighted by atomic mass is 9.76. The molecule has 0 spiro atoms. The van der Waals surface area contributed by atoms with Crippen LogP contribution >= 0.6 is 12.6 Å². The Balaban J connectivity index is 3.34. The number of hydrogen-bond donors (Lipinski definition) is 3. The van der Waals surface area contributed by atoms with Crippen LogP contribution in [-0.2, 0) is 4.74 Å². The zero-order valence-electron chi connectivity index (χ0n) is 8.39. The van der Waals surface area contributed by atoms with Gasteiger partial charge in [0.2, 0.25) is 0 Å². The van der Waals surface area contributed by atoms with Gasteiger partial charge in [-0.3, -0.25) is 0 Å². The average molecular weight is 226 g/mol. The van der Waals surface area contributed by atoms with Crippen molar-refractivity contribution >= 4 is 31.2 Å². The molecule has 4 nitrogen and oxygen atoms in total. The molecule has 1 aromatic carbocycles. The lowest BCUT2D eigenvalue weighted by Crippen LogP contribution is -2.33. The zero-order valence-corrected chi connectivity index (χ0v) is 9.28. The number of benzene rings is 1. The summed E-state index contributed by atoms with van der Waals surface area (Å²) in [4.78, 5) is 11.8. The molecule has 0 saturated heterocycles. The molecule has 1 rings (SSSR count). The molecule has 0 unspecified atom stereocenters. The molecule has 0 aliphatic carbocycles. The molecule has 2 N–H and O–H groups in total. The molecule has 0 saturated carbocycles. The van der Waals surface area contributed by atoms with Crippen LogP contribution in [-0.4, -0.2) is 30.2 Å². The van der Waals surface area contributed by atoms with Gasteiger partial charge in [-0.05, 0) is 30.1 Å². The molecule has 0 heterocycles. The highest BCUT2D eigenvalue weighted by Crippen LogP contribution is 2.13. The lowest BCUT2D eigenvalue weighted by molar-refractivity contribution is 0.0600. The van der Waals surface area contributed by atoms with Gasteiger partial charge in [0.05, 0.1) is 12.7 Å². The number of methoxy groups -OCH3 is 1. The lowest BCUT2D eigenvalue weighted by Gasteiger charge is -2.10. The van der Waals surface area contributed by atoms with Gasteiger partial charge in [0.15, 0.2) is 0 Å². The molecule has 15 heavy (non-hydrogen) atoms. The summed E-state index contributed by atoms with van der Waals surface area (Å²) >= 11 is 4.07. The van der Waals surface area contributed by atoms with Crippen molar-refractivity contribution in [1.82, 2.24) is 0 Å². The Kier molecular flexibility index (Phi) is 3.79. The van der Waals surface area contributed by atoms with E-state index in [1.54, 1.807) is 6.92 Å². The van der Waals surface area contributed by atoms with Crippen LogP contribution in [0, 0.1) is 6.92 Å². The molecule has 0 aliphatic heterocycles. The average Bonchev–Trinajstić information content (AvgIpc) is 2.19. The minimum atomic E-state index is -1.62. The van der Waals surface area contributed by atoms with Crippen LogP contribution in [0.15, 0.2) is 17.0 Å². The minimum Gasteiger partial charge on any atom is -0.465 e. The second-order valence-corrected chi connectivity index (χ2v) is 3.59. The molecule has 0 radical (unpaired) electrons. The largest absolute Gasteiger partial charge is 0.488 e. The molecule has 0 fully saturated rings. The van der Waals surface area contributed by atoms with Crippen LogP contribution in [0.5, 0.6) is 0 Å². The van der Waals surface area contributed by atoms with Crippen molar-refractivity contribution in [2.75, 3.05) is 7.11 Å². The van der Waals surface area contributed by atoms with Gasteiger partial charge in [-0.25, -0.2) is 4.79 Å². The number of hydrogen-bond acceptors (Lipinski definition) is 5. The molecule has 0 aliphatic rings. The van der Waals surface area contributed by atoms with Crippen molar-refractivity contribution in [2.45, 2.75) is 11.8 Å². The van der Waals surface area contributed by atoms with Crippen molar-refractivity contribution in [3.63, 3.8) is 0 Å². The molecule has 6 heteroatoms. The van der Waals surface area contributed by atoms with E-state index in [-0.39, 0.29) is 11.0 Å². The Morgan fingerprint density at radius 2 is 2.07 bits per heavy atom. The summed E-state index contributed by atoms with van der Waals surface area (Å²) in [6.45, 7) is 1.62. The van der Waals surface area contributed by atoms with Gasteiger partial charge in [-0.2, -0.15) is 0 Å². The summed E-state index contributed by atoms with van der Waals surface area (Å²) in [5.74, 6) is -0.523. The normalized spacial score (nSPS) is 9.93. The number of esters is 1. The molecule has 0 bridgehead atoms. The first-order valence-electron chi connectivity index (χ1n) is 4.25. The Labute approximate surface area is 93.4 Å². The quantitative estimate of drug-likeness (QED) is 0.369. The van der Waals surface area contributed by atoms with E-state index in [9.17, 15) is 4.79 Å². The second kappa shape index (κ2) is 4.70. The highest BCUT2D eigenvalue weighted by Gasteiger charge is 2.20. The van der Waals surface area contributed by atoms with E-state index in [2.05, 4.69) is 17.4 Å². The number of ether oxygens (including phenoxy) is 1. The summed E-state index contributed by atoms with van der Waals surface area (Å²) in [5, 5.41) is 18.2. The summed E-state index contributed by atoms with van der Waals surface area (Å²) in [6, 6.07) is 3.02. The predicted molar refractivity (Wildman–Crippen MR) is 59.6 cm³/mol. The fourth-order valence-electron chi connectivity index (χ4n) is 1.31. The first-order chi connectivity index (χ1) is 6.97. The molecule has 80 valence electrons. The summed E-state index contributed by atoms with van der Waals surface area (Å²) in [7, 11) is -0.359. The SMILES string of the molecule is COC(=O)c1cc(S)cc(B(O)O)c1C. The maximum Gasteiger partial charge on any atom is 0.488 e. The van der Waals surface area contributed by atoms with E-state index >= 15 is 0 Å². The second-order valence-electron chi connectivity index (χ2n) is 3.07. The van der Waals surface area contributed by atoms with Crippen LogP contribution in [0.3, 0.4) is 0 Å². The first kappa shape index (κ1) is 12.1. The summed E-state index contributed by atoms with van der Waals surface area (Å²) in [5.41, 5.74) is 1.02. The van der Waals surface area contributed by atoms with E-state index in [1.165, 1.54) is 19.2 Å². The van der Waals surface area contributed by atoms with Crippen molar-refractivity contribution in [3.8, 4) is 0 Å². The van der Waals surface area contributed by atoms with Gasteiger partial charge in [0.1, 0.15) is 0 Å². The van der Waals surface area contributed by atoms with E-state index in [1.807, 2.05) is 0 Å². The van der Waals surface area contributed by atoms with Gasteiger partial charge >= 0.3 is 13.1 Å². The van der Waals surface area contributed by atoms with Crippen LogP contribution in [0.4, 0.5) is 0 Å². The van der Waals surface area contributed by atoms with E-state index < -0.39 is 13.1 Å². The fourth-order valence-corrected chi connectivity index (χ4v) is 1.58. The monoisotopic (exact) mass is 226 g/mol. The van der Waals surface area contributed by atoms with Gasteiger partial charge in [0, 0.05) is 4.90 Å². The number of rotatable bonds is 2. The number of carbonyl (C=O) groups is 1. The van der Waals surface area contributed by atoms with Crippen LogP contribution in [0.2, 0.25) is 0 Å². The van der Waals surface area contributed by atoms with E-state index in [4.69, 9.17) is 10.0 Å². The van der Waals surface area contributed by atoms with Crippen LogP contribution in [0.25, 0.3) is 0 Å². The van der Waals surface area contributed by atoms with Gasteiger partial charge in [-0.1, -0.05) is 0 Å². The standard InChI is InChI=1S/C9H11BO4S/c1-5-7(9(11)14-2)3-6(15)4-8(5)10(12)13/h3-4,12-13,15H,1-2H3. The number of carbonyl (C=O) groups excluding carboxylic acids is 1. The number of thiol groups is 1. The highest BCUT2D eigenvalue weighted by molar-refractivity contribution is 7.80. The molecular weight excluding hydrogens is 215 g/mol. The Bertz CT molecular complexity index is 392. The van der Waals surface area contributed by atoms with Crippen LogP contribution in [0.1, 0.15) is 15.9 Å². The highest BCUT2D eigenvalue weighted by atomic mass is 32.1. The molecule has 0 aromatic heterocycles. The summed E-state index contributed by atoms with van der Waals surface area (Å²) in [6.07, 6.45) is 0. The molecule has 1 aromatic rings. The Morgan fingerprint density at radius 1 is 1.47 bits per heavy atom. The fraction of sp³-hybridized carbons (Fsp3) is 0.222. The molecule has 0 atom stereocenters. The topological polar surface area (TPSA) is 66.8 Å². The molecular formula is C9H11BO4S. The van der Waals surface area contributed by atoms with Gasteiger partial charge in [-0.15, -0.1) is 12.6 Å². The third-order valence-electron chi connectivity index (χ3n) is 2.12. The van der Waals surface area contributed by atoms with E-state index in [0.717, 1.165) is 0 Å². The maximum absolute atomic E-state index is 11.3. The maximum atomic E-state index is 11.3. The van der Waals surface area contributed by atoms with Crippen molar-refractivity contribution in [2.24, 2.45) is 0 Å². The van der Waals surface area contributed by atoms with Crippen molar-refractivity contribution in [3.05, 3.63) is 23.3 Å². The van der Waals surface area contributed by atoms with Gasteiger partial charge < -0.3 is 14.8 Å². The van der Waals surface area contributed by atoms with E-state index in [0.29, 0.717) is 10.5 Å². The molecule has 0 amide bonds. The third kappa shape index (κ3) is 2.53. The zero-order chi connectivity index (χ0) is 11.6. The third-order valence-corrected chi connectivity index (χ3v) is 2.37. The van der Waals surface area contributed by atoms with Gasteiger partial charge in [0.25, 0.3) is 0 Å². The predicted octanol–water partition coefficient (Wildman–Crippen LogP) is -0.250. The first-order valence-corrected chi connectivity index (χ1v) is 4.70. The Morgan fingerprint density at radius 3 is 2.53 bits per heavy atom. The van der Waals surface area contributed by atoms with Crippen molar-refractivity contribution in [1.29, 1.82) is 0 Å².